The van der Waals surface area contributed by atoms with E-state index in [9.17, 15) is 9.18 Å². The first-order valence-electron chi connectivity index (χ1n) is 5.63. The van der Waals surface area contributed by atoms with Crippen molar-refractivity contribution < 1.29 is 9.18 Å². The van der Waals surface area contributed by atoms with Crippen LogP contribution in [0.5, 0.6) is 0 Å². The van der Waals surface area contributed by atoms with Gasteiger partial charge in [0.2, 0.25) is 5.91 Å². The highest BCUT2D eigenvalue weighted by Gasteiger charge is 2.18. The molecule has 5 heteroatoms. The molecule has 0 spiro atoms. The molecule has 1 atom stereocenters. The van der Waals surface area contributed by atoms with Crippen molar-refractivity contribution in [1.82, 2.24) is 5.32 Å². The zero-order valence-electron chi connectivity index (χ0n) is 9.30. The fourth-order valence-corrected chi connectivity index (χ4v) is 2.12. The maximum absolute atomic E-state index is 13.4. The van der Waals surface area contributed by atoms with Gasteiger partial charge >= 0.3 is 0 Å². The van der Waals surface area contributed by atoms with Crippen LogP contribution in [0.1, 0.15) is 19.3 Å². The molecule has 1 aromatic rings. The Balaban J connectivity index is 1.95. The zero-order valence-corrected chi connectivity index (χ0v) is 10.1. The van der Waals surface area contributed by atoms with Crippen molar-refractivity contribution in [2.45, 2.75) is 25.3 Å². The Morgan fingerprint density at radius 1 is 1.59 bits per heavy atom. The van der Waals surface area contributed by atoms with Crippen molar-refractivity contribution in [2.75, 3.05) is 11.9 Å². The van der Waals surface area contributed by atoms with Gasteiger partial charge in [-0.2, -0.15) is 0 Å². The number of hydrogen-bond acceptors (Lipinski definition) is 2. The second-order valence-corrected chi connectivity index (χ2v) is 4.61. The SMILES string of the molecule is O=C(CC1CCCN1)Nc1cc(Cl)ccc1F. The Hall–Kier alpha value is -1.13. The number of carbonyl (C=O) groups is 1. The van der Waals surface area contributed by atoms with Gasteiger partial charge in [-0.05, 0) is 37.6 Å². The van der Waals surface area contributed by atoms with Crippen LogP contribution in [-0.2, 0) is 4.79 Å². The summed E-state index contributed by atoms with van der Waals surface area (Å²) in [4.78, 5) is 11.7. The van der Waals surface area contributed by atoms with Gasteiger partial charge in [-0.25, -0.2) is 4.39 Å². The minimum absolute atomic E-state index is 0.139. The maximum atomic E-state index is 13.4. The second kappa shape index (κ2) is 5.47. The fourth-order valence-electron chi connectivity index (χ4n) is 1.95. The van der Waals surface area contributed by atoms with E-state index in [0.717, 1.165) is 19.4 Å². The summed E-state index contributed by atoms with van der Waals surface area (Å²) >= 11 is 5.74. The summed E-state index contributed by atoms with van der Waals surface area (Å²) in [6.45, 7) is 0.948. The Morgan fingerprint density at radius 2 is 2.41 bits per heavy atom. The van der Waals surface area contributed by atoms with E-state index in [1.165, 1.54) is 18.2 Å². The predicted octanol–water partition coefficient (Wildman–Crippen LogP) is 2.56. The van der Waals surface area contributed by atoms with Gasteiger partial charge in [0.25, 0.3) is 0 Å². The van der Waals surface area contributed by atoms with Crippen molar-refractivity contribution in [1.29, 1.82) is 0 Å². The van der Waals surface area contributed by atoms with Gasteiger partial charge in [0.05, 0.1) is 5.69 Å². The molecule has 2 N–H and O–H groups in total. The average Bonchev–Trinajstić information content (AvgIpc) is 2.76. The van der Waals surface area contributed by atoms with Crippen LogP contribution in [0.4, 0.5) is 10.1 Å². The molecule has 17 heavy (non-hydrogen) atoms. The highest BCUT2D eigenvalue weighted by molar-refractivity contribution is 6.30. The fraction of sp³-hybridized carbons (Fsp3) is 0.417. The van der Waals surface area contributed by atoms with Crippen molar-refractivity contribution in [3.63, 3.8) is 0 Å². The molecule has 1 heterocycles. The van der Waals surface area contributed by atoms with Gasteiger partial charge in [-0.3, -0.25) is 4.79 Å². The van der Waals surface area contributed by atoms with E-state index in [4.69, 9.17) is 11.6 Å². The highest BCUT2D eigenvalue weighted by Crippen LogP contribution is 2.20. The monoisotopic (exact) mass is 256 g/mol. The van der Waals surface area contributed by atoms with Crippen LogP contribution < -0.4 is 10.6 Å². The highest BCUT2D eigenvalue weighted by atomic mass is 35.5. The third-order valence-corrected chi connectivity index (χ3v) is 3.03. The molecule has 0 saturated carbocycles. The first-order chi connectivity index (χ1) is 8.15. The Bertz CT molecular complexity index is 419. The van der Waals surface area contributed by atoms with Gasteiger partial charge < -0.3 is 10.6 Å². The first-order valence-corrected chi connectivity index (χ1v) is 6.01. The summed E-state index contributed by atoms with van der Waals surface area (Å²) in [6, 6.07) is 4.31. The number of nitrogens with one attached hydrogen (secondary N) is 2. The number of amides is 1. The number of carbonyl (C=O) groups excluding carboxylic acids is 1. The standard InChI is InChI=1S/C12H14ClFN2O/c13-8-3-4-10(14)11(6-8)16-12(17)7-9-2-1-5-15-9/h3-4,6,9,15H,1-2,5,7H2,(H,16,17). The molecule has 1 fully saturated rings. The topological polar surface area (TPSA) is 41.1 Å². The van der Waals surface area contributed by atoms with Gasteiger partial charge in [-0.15, -0.1) is 0 Å². The van der Waals surface area contributed by atoms with E-state index in [1.807, 2.05) is 0 Å². The smallest absolute Gasteiger partial charge is 0.226 e. The van der Waals surface area contributed by atoms with Gasteiger partial charge in [0.15, 0.2) is 0 Å². The summed E-state index contributed by atoms with van der Waals surface area (Å²) in [5.74, 6) is -0.660. The number of rotatable bonds is 3. The molecule has 1 aliphatic rings. The lowest BCUT2D eigenvalue weighted by molar-refractivity contribution is -0.116. The average molecular weight is 257 g/mol. The van der Waals surface area contributed by atoms with Crippen LogP contribution in [0.25, 0.3) is 0 Å². The quantitative estimate of drug-likeness (QED) is 0.873. The minimum atomic E-state index is -0.470. The summed E-state index contributed by atoms with van der Waals surface area (Å²) in [6.07, 6.45) is 2.45. The summed E-state index contributed by atoms with van der Waals surface area (Å²) in [5.41, 5.74) is 0.139. The number of benzene rings is 1. The van der Waals surface area contributed by atoms with Crippen LogP contribution in [0, 0.1) is 5.82 Å². The van der Waals surface area contributed by atoms with E-state index < -0.39 is 5.82 Å². The zero-order chi connectivity index (χ0) is 12.3. The molecule has 1 aromatic carbocycles. The van der Waals surface area contributed by atoms with Crippen LogP contribution in [0.2, 0.25) is 5.02 Å². The second-order valence-electron chi connectivity index (χ2n) is 4.17. The van der Waals surface area contributed by atoms with E-state index in [-0.39, 0.29) is 17.6 Å². The van der Waals surface area contributed by atoms with Crippen molar-refractivity contribution in [3.8, 4) is 0 Å². The molecule has 0 bridgehead atoms. The summed E-state index contributed by atoms with van der Waals surface area (Å²) in [7, 11) is 0. The molecule has 2 rings (SSSR count). The molecule has 1 saturated heterocycles. The van der Waals surface area contributed by atoms with Gasteiger partial charge in [0, 0.05) is 17.5 Å². The Labute approximate surface area is 104 Å². The summed E-state index contributed by atoms with van der Waals surface area (Å²) < 4.78 is 13.4. The molecular formula is C12H14ClFN2O. The number of halogens is 2. The molecule has 0 radical (unpaired) electrons. The minimum Gasteiger partial charge on any atom is -0.324 e. The van der Waals surface area contributed by atoms with E-state index >= 15 is 0 Å². The number of anilines is 1. The number of hydrogen-bond donors (Lipinski definition) is 2. The molecule has 3 nitrogen and oxygen atoms in total. The van der Waals surface area contributed by atoms with Crippen molar-refractivity contribution in [3.05, 3.63) is 29.0 Å². The first kappa shape index (κ1) is 12.3. The van der Waals surface area contributed by atoms with Gasteiger partial charge in [0.1, 0.15) is 5.82 Å². The largest absolute Gasteiger partial charge is 0.324 e. The van der Waals surface area contributed by atoms with E-state index in [0.29, 0.717) is 11.4 Å². The van der Waals surface area contributed by atoms with Crippen molar-refractivity contribution >= 4 is 23.2 Å². The Morgan fingerprint density at radius 3 is 3.12 bits per heavy atom. The lowest BCUT2D eigenvalue weighted by atomic mass is 10.1. The molecule has 1 unspecified atom stereocenters. The maximum Gasteiger partial charge on any atom is 0.226 e. The lowest BCUT2D eigenvalue weighted by Gasteiger charge is -2.11. The molecular weight excluding hydrogens is 243 g/mol. The van der Waals surface area contributed by atoms with Crippen LogP contribution in [0.3, 0.4) is 0 Å². The molecule has 1 aliphatic heterocycles. The van der Waals surface area contributed by atoms with Crippen molar-refractivity contribution in [2.24, 2.45) is 0 Å². The van der Waals surface area contributed by atoms with Crippen LogP contribution in [-0.4, -0.2) is 18.5 Å². The third kappa shape index (κ3) is 3.41. The predicted molar refractivity (Wildman–Crippen MR) is 65.7 cm³/mol. The third-order valence-electron chi connectivity index (χ3n) is 2.80. The van der Waals surface area contributed by atoms with Crippen LogP contribution in [0.15, 0.2) is 18.2 Å². The lowest BCUT2D eigenvalue weighted by Crippen LogP contribution is -2.27. The molecule has 0 aliphatic carbocycles. The molecule has 1 amide bonds. The van der Waals surface area contributed by atoms with Gasteiger partial charge in [-0.1, -0.05) is 11.6 Å². The summed E-state index contributed by atoms with van der Waals surface area (Å²) in [5, 5.41) is 6.16. The van der Waals surface area contributed by atoms with E-state index in [2.05, 4.69) is 10.6 Å². The normalized spacial score (nSPS) is 19.3. The molecule has 0 aromatic heterocycles. The Kier molecular flexibility index (Phi) is 3.97. The molecule has 92 valence electrons. The van der Waals surface area contributed by atoms with Crippen LogP contribution >= 0.6 is 11.6 Å². The van der Waals surface area contributed by atoms with E-state index in [1.54, 1.807) is 0 Å².